The maximum atomic E-state index is 12.5. The monoisotopic (exact) mass is 352 g/mol. The Morgan fingerprint density at radius 3 is 2.20 bits per heavy atom. The number of carbonyl (C=O) groups is 2. The molecule has 1 aromatic carbocycles. The van der Waals surface area contributed by atoms with Gasteiger partial charge in [-0.15, -0.1) is 5.01 Å². The van der Waals surface area contributed by atoms with E-state index in [1.807, 2.05) is 26.8 Å². The van der Waals surface area contributed by atoms with Crippen molar-refractivity contribution in [2.75, 3.05) is 25.3 Å². The van der Waals surface area contributed by atoms with E-state index in [0.29, 0.717) is 17.2 Å². The summed E-state index contributed by atoms with van der Waals surface area (Å²) < 4.78 is 15.6. The Labute approximate surface area is 147 Å². The Morgan fingerprint density at radius 1 is 1.08 bits per heavy atom. The molecule has 0 aliphatic carbocycles. The number of methoxy groups -OCH3 is 1. The van der Waals surface area contributed by atoms with Crippen molar-refractivity contribution in [1.29, 1.82) is 0 Å². The molecule has 1 aliphatic heterocycles. The van der Waals surface area contributed by atoms with E-state index in [-0.39, 0.29) is 18.6 Å². The van der Waals surface area contributed by atoms with Crippen LogP contribution < -0.4 is 14.6 Å². The van der Waals surface area contributed by atoms with Crippen molar-refractivity contribution in [1.82, 2.24) is 5.17 Å². The fraction of sp³-hybridized carbons (Fsp3) is 0.529. The van der Waals surface area contributed by atoms with Gasteiger partial charge in [0.2, 0.25) is 0 Å². The van der Waals surface area contributed by atoms with Crippen molar-refractivity contribution in [2.24, 2.45) is 0 Å². The lowest BCUT2D eigenvalue weighted by molar-refractivity contribution is -0.0378. The molecule has 0 fully saturated rings. The number of carbonyl (C=O) groups excluding carboxylic acids is 2. The second-order valence-electron chi connectivity index (χ2n) is 6.32. The molecule has 0 atom stereocenters. The van der Waals surface area contributed by atoms with Gasteiger partial charge in [0.1, 0.15) is 0 Å². The minimum absolute atomic E-state index is 0.135. The molecular formula is C17H24N2O6. The molecule has 2 amide bonds. The van der Waals surface area contributed by atoms with Crippen molar-refractivity contribution >= 4 is 17.9 Å². The molecule has 8 heteroatoms. The molecule has 0 saturated heterocycles. The largest absolute Gasteiger partial charge is 0.494 e. The first-order chi connectivity index (χ1) is 11.8. The molecule has 8 nitrogen and oxygen atoms in total. The van der Waals surface area contributed by atoms with Gasteiger partial charge in [0, 0.05) is 5.56 Å². The van der Waals surface area contributed by atoms with Gasteiger partial charge in [0.05, 0.1) is 20.3 Å². The summed E-state index contributed by atoms with van der Waals surface area (Å²) in [6, 6.07) is 3.53. The topological polar surface area (TPSA) is 77.5 Å². The predicted octanol–water partition coefficient (Wildman–Crippen LogP) is 3.64. The number of anilines is 1. The molecule has 138 valence electrons. The molecule has 0 bridgehead atoms. The molecule has 1 heterocycles. The first-order valence-corrected chi connectivity index (χ1v) is 8.09. The van der Waals surface area contributed by atoms with Crippen LogP contribution in [0.5, 0.6) is 11.5 Å². The molecule has 0 N–H and O–H groups in total. The van der Waals surface area contributed by atoms with Crippen LogP contribution in [0, 0.1) is 0 Å². The number of ether oxygens (including phenoxy) is 3. The van der Waals surface area contributed by atoms with Gasteiger partial charge < -0.3 is 19.0 Å². The number of benzene rings is 1. The van der Waals surface area contributed by atoms with E-state index in [9.17, 15) is 9.59 Å². The van der Waals surface area contributed by atoms with Crippen LogP contribution in [0.4, 0.5) is 15.3 Å². The predicted molar refractivity (Wildman–Crippen MR) is 90.7 cm³/mol. The summed E-state index contributed by atoms with van der Waals surface area (Å²) in [7, 11) is 1.50. The van der Waals surface area contributed by atoms with Crippen LogP contribution in [-0.4, -0.2) is 37.7 Å². The zero-order valence-electron chi connectivity index (χ0n) is 15.4. The van der Waals surface area contributed by atoms with Crippen LogP contribution >= 0.6 is 0 Å². The van der Waals surface area contributed by atoms with Gasteiger partial charge >= 0.3 is 12.2 Å². The zero-order chi connectivity index (χ0) is 18.8. The first kappa shape index (κ1) is 18.7. The first-order valence-electron chi connectivity index (χ1n) is 8.09. The van der Waals surface area contributed by atoms with Crippen LogP contribution in [-0.2, 0) is 14.9 Å². The Balaban J connectivity index is 2.60. The van der Waals surface area contributed by atoms with Crippen LogP contribution in [0.25, 0.3) is 0 Å². The van der Waals surface area contributed by atoms with Gasteiger partial charge in [0.25, 0.3) is 0 Å². The lowest BCUT2D eigenvalue weighted by Crippen LogP contribution is -2.48. The minimum atomic E-state index is -0.828. The smallest absolute Gasteiger partial charge is 0.464 e. The molecule has 1 aliphatic rings. The van der Waals surface area contributed by atoms with E-state index in [4.69, 9.17) is 19.0 Å². The van der Waals surface area contributed by atoms with Gasteiger partial charge in [-0.05, 0) is 30.5 Å². The van der Waals surface area contributed by atoms with Gasteiger partial charge in [-0.2, -0.15) is 0 Å². The van der Waals surface area contributed by atoms with E-state index in [1.54, 1.807) is 19.9 Å². The third-order valence-corrected chi connectivity index (χ3v) is 3.55. The average Bonchev–Trinajstić information content (AvgIpc) is 2.93. The molecule has 0 saturated carbocycles. The minimum Gasteiger partial charge on any atom is -0.494 e. The number of hydrogen-bond acceptors (Lipinski definition) is 6. The molecule has 2 rings (SSSR count). The van der Waals surface area contributed by atoms with Crippen LogP contribution in [0.2, 0.25) is 0 Å². The number of nitrogens with zero attached hydrogens (tertiary/aromatic N) is 2. The third kappa shape index (κ3) is 3.42. The van der Waals surface area contributed by atoms with Crippen molar-refractivity contribution < 1.29 is 28.6 Å². The molecule has 0 unspecified atom stereocenters. The zero-order valence-corrected chi connectivity index (χ0v) is 15.4. The maximum absolute atomic E-state index is 12.5. The van der Waals surface area contributed by atoms with Crippen LogP contribution in [0.3, 0.4) is 0 Å². The lowest BCUT2D eigenvalue weighted by atomic mass is 9.86. The summed E-state index contributed by atoms with van der Waals surface area (Å²) in [6.45, 7) is 9.67. The Hall–Kier alpha value is -2.64. The number of rotatable bonds is 3. The van der Waals surface area contributed by atoms with Crippen molar-refractivity contribution in [3.8, 4) is 11.5 Å². The normalized spacial score (nSPS) is 13.2. The number of hydrogen-bond donors (Lipinski definition) is 0. The molecule has 0 spiro atoms. The Kier molecular flexibility index (Phi) is 5.30. The highest BCUT2D eigenvalue weighted by atomic mass is 16.8. The number of fused-ring (bicyclic) bond motifs is 1. The van der Waals surface area contributed by atoms with Crippen molar-refractivity contribution in [3.63, 3.8) is 0 Å². The fourth-order valence-corrected chi connectivity index (χ4v) is 2.50. The van der Waals surface area contributed by atoms with Gasteiger partial charge in [-0.1, -0.05) is 26.8 Å². The van der Waals surface area contributed by atoms with E-state index in [1.165, 1.54) is 7.11 Å². The van der Waals surface area contributed by atoms with Crippen molar-refractivity contribution in [2.45, 2.75) is 40.0 Å². The Bertz CT molecular complexity index is 668. The van der Waals surface area contributed by atoms with E-state index in [2.05, 4.69) is 0 Å². The highest BCUT2D eigenvalue weighted by Gasteiger charge is 2.44. The third-order valence-electron chi connectivity index (χ3n) is 3.55. The Morgan fingerprint density at radius 2 is 1.68 bits per heavy atom. The molecule has 1 aromatic rings. The summed E-state index contributed by atoms with van der Waals surface area (Å²) in [4.78, 5) is 30.2. The van der Waals surface area contributed by atoms with E-state index < -0.39 is 12.2 Å². The number of amides is 2. The number of hydrazine groups is 1. The quantitative estimate of drug-likeness (QED) is 0.826. The highest BCUT2D eigenvalue weighted by molar-refractivity contribution is 5.96. The summed E-state index contributed by atoms with van der Waals surface area (Å²) >= 11 is 0. The molecule has 25 heavy (non-hydrogen) atoms. The molecular weight excluding hydrogens is 328 g/mol. The molecule has 0 aromatic heterocycles. The highest BCUT2D eigenvalue weighted by Crippen LogP contribution is 2.49. The maximum Gasteiger partial charge on any atom is 0.464 e. The van der Waals surface area contributed by atoms with Gasteiger partial charge in [0.15, 0.2) is 17.2 Å². The van der Waals surface area contributed by atoms with Gasteiger partial charge in [-0.25, -0.2) is 9.59 Å². The summed E-state index contributed by atoms with van der Waals surface area (Å²) in [5.41, 5.74) is 0.914. The lowest BCUT2D eigenvalue weighted by Gasteiger charge is -2.26. The van der Waals surface area contributed by atoms with Crippen molar-refractivity contribution in [3.05, 3.63) is 17.7 Å². The van der Waals surface area contributed by atoms with Crippen LogP contribution in [0.1, 0.15) is 40.2 Å². The summed E-state index contributed by atoms with van der Waals surface area (Å²) in [6.07, 6.45) is -1.59. The van der Waals surface area contributed by atoms with E-state index >= 15 is 0 Å². The second-order valence-corrected chi connectivity index (χ2v) is 6.32. The SMILES string of the molecule is CCOC(=O)N1Oc2ccc(C(C)(C)C)c(OC)c2N1C(=O)OCC. The van der Waals surface area contributed by atoms with E-state index in [0.717, 1.165) is 15.7 Å². The standard InChI is InChI=1S/C17H24N2O6/c1-7-23-15(20)18-13-12(25-19(18)16(21)24-8-2)10-9-11(14(13)22-6)17(3,4)5/h9-10H,7-8H2,1-6H3. The number of hydroxylamine groups is 1. The second kappa shape index (κ2) is 7.08. The average molecular weight is 352 g/mol. The molecule has 0 radical (unpaired) electrons. The van der Waals surface area contributed by atoms with Gasteiger partial charge in [-0.3, -0.25) is 0 Å². The fourth-order valence-electron chi connectivity index (χ4n) is 2.50. The summed E-state index contributed by atoms with van der Waals surface area (Å²) in [5.74, 6) is 0.732. The summed E-state index contributed by atoms with van der Waals surface area (Å²) in [5, 5.41) is 1.73. The van der Waals surface area contributed by atoms with Crippen LogP contribution in [0.15, 0.2) is 12.1 Å².